The Balaban J connectivity index is 1.97. The van der Waals surface area contributed by atoms with E-state index in [9.17, 15) is 9.59 Å². The van der Waals surface area contributed by atoms with Crippen molar-refractivity contribution in [2.45, 2.75) is 38.0 Å². The van der Waals surface area contributed by atoms with Crippen LogP contribution in [0.15, 0.2) is 27.6 Å². The molecular weight excluding hydrogens is 314 g/mol. The fraction of sp³-hybridized carbons (Fsp3) is 0.538. The topological polar surface area (TPSA) is 57.5 Å². The molecule has 1 aromatic rings. The van der Waals surface area contributed by atoms with Crippen molar-refractivity contribution >= 4 is 21.9 Å². The van der Waals surface area contributed by atoms with E-state index in [1.54, 1.807) is 19.4 Å². The van der Waals surface area contributed by atoms with Crippen LogP contribution < -0.4 is 5.56 Å². The van der Waals surface area contributed by atoms with Crippen LogP contribution in [0.4, 0.5) is 0 Å². The Morgan fingerprint density at radius 1 is 1.42 bits per heavy atom. The molecule has 1 aromatic heterocycles. The summed E-state index contributed by atoms with van der Waals surface area (Å²) in [7, 11) is 1.62. The van der Waals surface area contributed by atoms with E-state index in [0.29, 0.717) is 0 Å². The summed E-state index contributed by atoms with van der Waals surface area (Å²) < 4.78 is 12.7. The number of halogens is 1. The lowest BCUT2D eigenvalue weighted by Crippen LogP contribution is -2.31. The quantitative estimate of drug-likeness (QED) is 0.789. The van der Waals surface area contributed by atoms with Crippen LogP contribution in [0, 0.1) is 0 Å². The van der Waals surface area contributed by atoms with Crippen LogP contribution in [0.3, 0.4) is 0 Å². The van der Waals surface area contributed by atoms with Crippen LogP contribution in [0.5, 0.6) is 0 Å². The minimum absolute atomic E-state index is 0.0248. The van der Waals surface area contributed by atoms with Gasteiger partial charge in [-0.05, 0) is 41.3 Å². The fourth-order valence-electron chi connectivity index (χ4n) is 2.27. The highest BCUT2D eigenvalue weighted by Gasteiger charge is 2.30. The van der Waals surface area contributed by atoms with Crippen molar-refractivity contribution in [1.29, 1.82) is 0 Å². The van der Waals surface area contributed by atoms with Gasteiger partial charge in [-0.3, -0.25) is 9.59 Å². The van der Waals surface area contributed by atoms with E-state index in [4.69, 9.17) is 9.47 Å². The predicted octanol–water partition coefficient (Wildman–Crippen LogP) is 1.72. The van der Waals surface area contributed by atoms with Gasteiger partial charge >= 0.3 is 5.97 Å². The minimum Gasteiger partial charge on any atom is -0.458 e. The number of hydrogen-bond donors (Lipinski definition) is 0. The van der Waals surface area contributed by atoms with Crippen molar-refractivity contribution in [1.82, 2.24) is 4.57 Å². The first-order valence-electron chi connectivity index (χ1n) is 6.18. The number of rotatable bonds is 4. The van der Waals surface area contributed by atoms with Gasteiger partial charge in [-0.1, -0.05) is 0 Å². The number of hydrogen-bond acceptors (Lipinski definition) is 4. The molecule has 0 amide bonds. The first-order chi connectivity index (χ1) is 9.10. The molecule has 0 N–H and O–H groups in total. The second kappa shape index (κ2) is 6.34. The highest BCUT2D eigenvalue weighted by atomic mass is 79.9. The average Bonchev–Trinajstić information content (AvgIpc) is 2.81. The average molecular weight is 330 g/mol. The number of methoxy groups -OCH3 is 1. The molecule has 0 aliphatic heterocycles. The molecule has 1 aliphatic rings. The number of ether oxygens (including phenoxy) is 2. The molecule has 0 unspecified atom stereocenters. The molecule has 1 heterocycles. The maximum Gasteiger partial charge on any atom is 0.326 e. The van der Waals surface area contributed by atoms with Gasteiger partial charge in [0.25, 0.3) is 5.56 Å². The summed E-state index contributed by atoms with van der Waals surface area (Å²) >= 11 is 3.26. The van der Waals surface area contributed by atoms with Crippen LogP contribution in [0.1, 0.15) is 19.3 Å². The Labute approximate surface area is 119 Å². The smallest absolute Gasteiger partial charge is 0.326 e. The van der Waals surface area contributed by atoms with Gasteiger partial charge in [-0.25, -0.2) is 0 Å². The minimum atomic E-state index is -0.408. The summed E-state index contributed by atoms with van der Waals surface area (Å²) in [6.45, 7) is -0.0782. The summed E-state index contributed by atoms with van der Waals surface area (Å²) in [6, 6.07) is 3.05. The number of nitrogens with zero attached hydrogens (tertiary/aromatic N) is 1. The molecular formula is C13H16BrNO4. The number of pyridine rings is 1. The molecule has 6 heteroatoms. The molecule has 1 fully saturated rings. The molecule has 19 heavy (non-hydrogen) atoms. The normalized spacial score (nSPS) is 22.4. The zero-order chi connectivity index (χ0) is 13.8. The van der Waals surface area contributed by atoms with Gasteiger partial charge in [0.15, 0.2) is 0 Å². The Morgan fingerprint density at radius 3 is 2.89 bits per heavy atom. The summed E-state index contributed by atoms with van der Waals surface area (Å²) in [4.78, 5) is 23.4. The fourth-order valence-corrected chi connectivity index (χ4v) is 2.65. The van der Waals surface area contributed by atoms with Gasteiger partial charge in [-0.15, -0.1) is 0 Å². The lowest BCUT2D eigenvalue weighted by Gasteiger charge is -2.18. The summed E-state index contributed by atoms with van der Waals surface area (Å²) in [5.41, 5.74) is -0.227. The van der Waals surface area contributed by atoms with Crippen molar-refractivity contribution < 1.29 is 14.3 Å². The Morgan fingerprint density at radius 2 is 2.16 bits per heavy atom. The molecule has 0 bridgehead atoms. The molecule has 0 spiro atoms. The molecule has 1 saturated carbocycles. The monoisotopic (exact) mass is 329 g/mol. The van der Waals surface area contributed by atoms with Crippen LogP contribution >= 0.6 is 15.9 Å². The van der Waals surface area contributed by atoms with Crippen molar-refractivity contribution in [2.24, 2.45) is 0 Å². The highest BCUT2D eigenvalue weighted by molar-refractivity contribution is 9.10. The third kappa shape index (κ3) is 3.67. The highest BCUT2D eigenvalue weighted by Crippen LogP contribution is 2.24. The van der Waals surface area contributed by atoms with Crippen molar-refractivity contribution in [2.75, 3.05) is 7.11 Å². The molecule has 104 valence electrons. The van der Waals surface area contributed by atoms with Crippen molar-refractivity contribution in [3.63, 3.8) is 0 Å². The van der Waals surface area contributed by atoms with E-state index < -0.39 is 5.97 Å². The predicted molar refractivity (Wildman–Crippen MR) is 72.9 cm³/mol. The van der Waals surface area contributed by atoms with E-state index in [1.165, 1.54) is 10.6 Å². The molecule has 2 atom stereocenters. The number of aromatic nitrogens is 1. The van der Waals surface area contributed by atoms with Gasteiger partial charge in [0.1, 0.15) is 12.6 Å². The second-order valence-electron chi connectivity index (χ2n) is 4.55. The third-order valence-electron chi connectivity index (χ3n) is 3.22. The van der Waals surface area contributed by atoms with E-state index in [2.05, 4.69) is 15.9 Å². The summed E-state index contributed by atoms with van der Waals surface area (Å²) in [5, 5.41) is 0. The molecule has 0 saturated heterocycles. The van der Waals surface area contributed by atoms with Gasteiger partial charge in [0.05, 0.1) is 6.10 Å². The lowest BCUT2D eigenvalue weighted by atomic mass is 10.2. The molecule has 0 radical (unpaired) electrons. The summed E-state index contributed by atoms with van der Waals surface area (Å²) in [6.07, 6.45) is 4.07. The van der Waals surface area contributed by atoms with Gasteiger partial charge in [0.2, 0.25) is 0 Å². The Kier molecular flexibility index (Phi) is 4.76. The van der Waals surface area contributed by atoms with Crippen molar-refractivity contribution in [3.05, 3.63) is 33.2 Å². The Bertz CT molecular complexity index is 514. The maximum absolute atomic E-state index is 11.8. The standard InChI is InChI=1S/C13H16BrNO4/c1-18-10-3-2-4-11(10)19-13(17)8-15-7-9(14)5-6-12(15)16/h5-7,10-11H,2-4,8H2,1H3/t10-,11+/m1/s1. The SMILES string of the molecule is CO[C@@H]1CCC[C@@H]1OC(=O)Cn1cc(Br)ccc1=O. The molecule has 2 rings (SSSR count). The first kappa shape index (κ1) is 14.3. The molecule has 5 nitrogen and oxygen atoms in total. The van der Waals surface area contributed by atoms with Crippen LogP contribution in [-0.4, -0.2) is 29.9 Å². The Hall–Kier alpha value is -1.14. The number of carbonyl (C=O) groups excluding carboxylic acids is 1. The van der Waals surface area contributed by atoms with E-state index in [0.717, 1.165) is 23.7 Å². The largest absolute Gasteiger partial charge is 0.458 e. The number of carbonyl (C=O) groups is 1. The van der Waals surface area contributed by atoms with E-state index in [-0.39, 0.29) is 24.3 Å². The van der Waals surface area contributed by atoms with Crippen molar-refractivity contribution in [3.8, 4) is 0 Å². The summed E-state index contributed by atoms with van der Waals surface area (Å²) in [5.74, 6) is -0.408. The van der Waals surface area contributed by atoms with Crippen LogP contribution in [0.25, 0.3) is 0 Å². The second-order valence-corrected chi connectivity index (χ2v) is 5.46. The molecule has 0 aromatic carbocycles. The maximum atomic E-state index is 11.8. The number of esters is 1. The molecule has 1 aliphatic carbocycles. The lowest BCUT2D eigenvalue weighted by molar-refractivity contribution is -0.155. The van der Waals surface area contributed by atoms with Gasteiger partial charge in [0, 0.05) is 23.8 Å². The van der Waals surface area contributed by atoms with Gasteiger partial charge in [-0.2, -0.15) is 0 Å². The zero-order valence-corrected chi connectivity index (χ0v) is 12.3. The first-order valence-corrected chi connectivity index (χ1v) is 6.97. The van der Waals surface area contributed by atoms with Crippen LogP contribution in [-0.2, 0) is 20.8 Å². The van der Waals surface area contributed by atoms with E-state index >= 15 is 0 Å². The van der Waals surface area contributed by atoms with Gasteiger partial charge < -0.3 is 14.0 Å². The zero-order valence-electron chi connectivity index (χ0n) is 10.7. The van der Waals surface area contributed by atoms with E-state index in [1.807, 2.05) is 0 Å². The van der Waals surface area contributed by atoms with Crippen LogP contribution in [0.2, 0.25) is 0 Å². The third-order valence-corrected chi connectivity index (χ3v) is 3.69.